The number of carbonyl (C=O) groups is 2. The van der Waals surface area contributed by atoms with Gasteiger partial charge in [0.1, 0.15) is 0 Å². The highest BCUT2D eigenvalue weighted by atomic mass is 79.9. The second-order valence-electron chi connectivity index (χ2n) is 8.40. The van der Waals surface area contributed by atoms with Gasteiger partial charge in [0.15, 0.2) is 0 Å². The van der Waals surface area contributed by atoms with Gasteiger partial charge in [-0.3, -0.25) is 19.8 Å². The number of piperidine rings is 2. The second kappa shape index (κ2) is 9.63. The molecule has 2 amide bonds. The Bertz CT molecular complexity index is 910. The number of halogens is 2. The molecule has 1 N–H and O–H groups in total. The maximum atomic E-state index is 13.2. The summed E-state index contributed by atoms with van der Waals surface area (Å²) in [5.74, 6) is -0.00442. The molecule has 160 valence electrons. The predicted octanol–water partition coefficient (Wildman–Crippen LogP) is 4.77. The van der Waals surface area contributed by atoms with Crippen molar-refractivity contribution < 1.29 is 9.59 Å². The maximum absolute atomic E-state index is 13.2. The fourth-order valence-electron chi connectivity index (χ4n) is 4.98. The summed E-state index contributed by atoms with van der Waals surface area (Å²) in [5.41, 5.74) is 2.93. The zero-order valence-corrected chi connectivity index (χ0v) is 19.6. The number of hydrogen-bond acceptors (Lipinski definition) is 3. The molecule has 6 heteroatoms. The summed E-state index contributed by atoms with van der Waals surface area (Å²) in [6.07, 6.45) is 2.95. The van der Waals surface area contributed by atoms with Crippen molar-refractivity contribution in [3.05, 3.63) is 69.7 Å². The van der Waals surface area contributed by atoms with Crippen molar-refractivity contribution in [2.45, 2.75) is 44.6 Å². The molecule has 2 aromatic rings. The summed E-state index contributed by atoms with van der Waals surface area (Å²) in [5, 5.41) is 2.65. The lowest BCUT2D eigenvalue weighted by atomic mass is 9.62. The fraction of sp³-hybridized carbons (Fsp3) is 0.417. The van der Waals surface area contributed by atoms with E-state index in [2.05, 4.69) is 75.5 Å². The Balaban J connectivity index is 0.00000256. The van der Waals surface area contributed by atoms with Crippen LogP contribution in [0.2, 0.25) is 0 Å². The summed E-state index contributed by atoms with van der Waals surface area (Å²) >= 11 is 3.49. The van der Waals surface area contributed by atoms with E-state index < -0.39 is 5.41 Å². The van der Waals surface area contributed by atoms with Crippen LogP contribution in [0.3, 0.4) is 0 Å². The number of hydrogen-bond donors (Lipinski definition) is 1. The molecule has 0 radical (unpaired) electrons. The first kappa shape index (κ1) is 23.0. The van der Waals surface area contributed by atoms with Crippen molar-refractivity contribution in [3.63, 3.8) is 0 Å². The van der Waals surface area contributed by atoms with Crippen LogP contribution in [0.25, 0.3) is 0 Å². The number of nitrogens with zero attached hydrogens (tertiary/aromatic N) is 1. The van der Waals surface area contributed by atoms with Gasteiger partial charge < -0.3 is 0 Å². The average molecular weight is 492 g/mol. The third-order valence-electron chi connectivity index (χ3n) is 6.54. The normalized spacial score (nSPS) is 23.0. The monoisotopic (exact) mass is 490 g/mol. The van der Waals surface area contributed by atoms with Gasteiger partial charge in [0.2, 0.25) is 11.8 Å². The first-order valence-corrected chi connectivity index (χ1v) is 11.1. The van der Waals surface area contributed by atoms with Gasteiger partial charge in [0.25, 0.3) is 0 Å². The predicted molar refractivity (Wildman–Crippen MR) is 125 cm³/mol. The smallest absolute Gasteiger partial charge is 0.237 e. The van der Waals surface area contributed by atoms with Crippen molar-refractivity contribution >= 4 is 40.2 Å². The molecule has 2 aliphatic heterocycles. The summed E-state index contributed by atoms with van der Waals surface area (Å²) in [6.45, 7) is 4.93. The molecule has 0 bridgehead atoms. The topological polar surface area (TPSA) is 49.4 Å². The third-order valence-corrected chi connectivity index (χ3v) is 7.07. The number of carbonyl (C=O) groups excluding carboxylic acids is 2. The molecule has 0 aliphatic carbocycles. The molecule has 0 spiro atoms. The second-order valence-corrected chi connectivity index (χ2v) is 9.31. The Kier molecular flexibility index (Phi) is 7.38. The Hall–Kier alpha value is -1.69. The van der Waals surface area contributed by atoms with E-state index in [1.165, 1.54) is 5.56 Å². The van der Waals surface area contributed by atoms with Gasteiger partial charge in [0, 0.05) is 17.4 Å². The fourth-order valence-corrected chi connectivity index (χ4v) is 5.24. The standard InChI is InChI=1S/C24H27BrN2O2.ClH/c1-17-3-2-4-20(15-17)24(12-9-22(28)26-23(24)29)19-10-13-27(14-11-19)16-18-5-7-21(25)8-6-18;/h2-8,15,19H,9-14,16H2,1H3,(H,26,28,29);1H. The molecule has 4 nitrogen and oxygen atoms in total. The Morgan fingerprint density at radius 2 is 1.80 bits per heavy atom. The van der Waals surface area contributed by atoms with Crippen LogP contribution in [0.1, 0.15) is 42.4 Å². The Labute approximate surface area is 193 Å². The van der Waals surface area contributed by atoms with Crippen molar-refractivity contribution in [3.8, 4) is 0 Å². The number of nitrogens with one attached hydrogen (secondary N) is 1. The van der Waals surface area contributed by atoms with Crippen molar-refractivity contribution in [2.24, 2.45) is 5.92 Å². The number of rotatable bonds is 4. The third kappa shape index (κ3) is 4.63. The molecule has 2 aliphatic rings. The van der Waals surface area contributed by atoms with Crippen LogP contribution in [0.4, 0.5) is 0 Å². The van der Waals surface area contributed by atoms with Crippen LogP contribution >= 0.6 is 28.3 Å². The van der Waals surface area contributed by atoms with E-state index in [0.717, 1.165) is 48.1 Å². The molecule has 2 heterocycles. The van der Waals surface area contributed by atoms with Crippen LogP contribution < -0.4 is 5.32 Å². The van der Waals surface area contributed by atoms with E-state index in [0.29, 0.717) is 12.8 Å². The minimum absolute atomic E-state index is 0. The van der Waals surface area contributed by atoms with Gasteiger partial charge in [0.05, 0.1) is 5.41 Å². The number of imide groups is 1. The maximum Gasteiger partial charge on any atom is 0.237 e. The summed E-state index contributed by atoms with van der Waals surface area (Å²) in [6, 6.07) is 16.8. The molecule has 0 saturated carbocycles. The van der Waals surface area contributed by atoms with Gasteiger partial charge in [-0.1, -0.05) is 57.9 Å². The molecule has 2 fully saturated rings. The van der Waals surface area contributed by atoms with Gasteiger partial charge in [-0.25, -0.2) is 0 Å². The highest BCUT2D eigenvalue weighted by Crippen LogP contribution is 2.44. The first-order chi connectivity index (χ1) is 14.0. The van der Waals surface area contributed by atoms with Crippen LogP contribution in [0.5, 0.6) is 0 Å². The van der Waals surface area contributed by atoms with E-state index in [1.807, 2.05) is 6.07 Å². The van der Waals surface area contributed by atoms with E-state index >= 15 is 0 Å². The highest BCUT2D eigenvalue weighted by molar-refractivity contribution is 9.10. The number of likely N-dealkylation sites (tertiary alicyclic amines) is 1. The summed E-state index contributed by atoms with van der Waals surface area (Å²) < 4.78 is 1.10. The molecule has 30 heavy (non-hydrogen) atoms. The largest absolute Gasteiger partial charge is 0.299 e. The Morgan fingerprint density at radius 3 is 2.43 bits per heavy atom. The van der Waals surface area contributed by atoms with Gasteiger partial charge in [-0.2, -0.15) is 0 Å². The lowest BCUT2D eigenvalue weighted by Crippen LogP contribution is -2.57. The lowest BCUT2D eigenvalue weighted by molar-refractivity contribution is -0.140. The number of benzene rings is 2. The molecular weight excluding hydrogens is 464 g/mol. The molecular formula is C24H28BrClN2O2. The van der Waals surface area contributed by atoms with Crippen LogP contribution in [0, 0.1) is 12.8 Å². The van der Waals surface area contributed by atoms with Gasteiger partial charge >= 0.3 is 0 Å². The van der Waals surface area contributed by atoms with Crippen molar-refractivity contribution in [1.29, 1.82) is 0 Å². The number of aryl methyl sites for hydroxylation is 1. The zero-order valence-electron chi connectivity index (χ0n) is 17.2. The van der Waals surface area contributed by atoms with E-state index in [1.54, 1.807) is 0 Å². The van der Waals surface area contributed by atoms with Gasteiger partial charge in [-0.15, -0.1) is 12.4 Å². The quantitative estimate of drug-likeness (QED) is 0.627. The van der Waals surface area contributed by atoms with Crippen molar-refractivity contribution in [2.75, 3.05) is 13.1 Å². The van der Waals surface area contributed by atoms with E-state index in [-0.39, 0.29) is 30.1 Å². The average Bonchev–Trinajstić information content (AvgIpc) is 2.71. The molecule has 1 unspecified atom stereocenters. The minimum atomic E-state index is -0.594. The Morgan fingerprint density at radius 1 is 1.10 bits per heavy atom. The molecule has 1 atom stereocenters. The molecule has 0 aromatic heterocycles. The highest BCUT2D eigenvalue weighted by Gasteiger charge is 2.50. The minimum Gasteiger partial charge on any atom is -0.299 e. The van der Waals surface area contributed by atoms with E-state index in [4.69, 9.17) is 0 Å². The first-order valence-electron chi connectivity index (χ1n) is 10.4. The zero-order chi connectivity index (χ0) is 20.4. The molecule has 4 rings (SSSR count). The summed E-state index contributed by atoms with van der Waals surface area (Å²) in [7, 11) is 0. The SMILES string of the molecule is Cc1cccc(C2(C3CCN(Cc4ccc(Br)cc4)CC3)CCC(=O)NC2=O)c1.Cl. The van der Waals surface area contributed by atoms with Crippen LogP contribution in [-0.4, -0.2) is 29.8 Å². The lowest BCUT2D eigenvalue weighted by Gasteiger charge is -2.45. The molecule has 2 saturated heterocycles. The van der Waals surface area contributed by atoms with Crippen molar-refractivity contribution in [1.82, 2.24) is 10.2 Å². The van der Waals surface area contributed by atoms with Crippen LogP contribution in [-0.2, 0) is 21.5 Å². The number of amides is 2. The molecule has 2 aromatic carbocycles. The van der Waals surface area contributed by atoms with E-state index in [9.17, 15) is 9.59 Å². The summed E-state index contributed by atoms with van der Waals surface area (Å²) in [4.78, 5) is 27.5. The van der Waals surface area contributed by atoms with Crippen LogP contribution in [0.15, 0.2) is 53.0 Å². The van der Waals surface area contributed by atoms with Gasteiger partial charge in [-0.05, 0) is 68.5 Å².